The summed E-state index contributed by atoms with van der Waals surface area (Å²) >= 11 is 0. The van der Waals surface area contributed by atoms with Gasteiger partial charge in [0.05, 0.1) is 39.9 Å². The molecule has 0 radical (unpaired) electrons. The summed E-state index contributed by atoms with van der Waals surface area (Å²) in [5.74, 6) is 0.450. The quantitative estimate of drug-likeness (QED) is 0.326. The minimum atomic E-state index is -1.21. The molecule has 0 bridgehead atoms. The van der Waals surface area contributed by atoms with Crippen molar-refractivity contribution < 1.29 is 43.5 Å². The number of nitrogens with zero attached hydrogens (tertiary/aromatic N) is 1. The standard InChI is InChI=1S/C30H36N2O9/c1-5-25(35)32(10-8-18-14-19(38-2)6-7-23(18)39-3)22-15-21(30(37)31-9-11-33)26-20-12-17(16-34)13-24(40-4)28(20)41-29(26)27(22)36/h6-7,12-16,22,26-27,29,33,36H,5,8-11H2,1-4H3,(H,31,37). The second kappa shape index (κ2) is 13.0. The highest BCUT2D eigenvalue weighted by atomic mass is 16.5. The molecule has 2 aromatic carbocycles. The summed E-state index contributed by atoms with van der Waals surface area (Å²) in [5, 5.41) is 23.7. The van der Waals surface area contributed by atoms with Crippen molar-refractivity contribution in [2.24, 2.45) is 0 Å². The van der Waals surface area contributed by atoms with E-state index < -0.39 is 30.1 Å². The predicted molar refractivity (Wildman–Crippen MR) is 149 cm³/mol. The molecule has 1 heterocycles. The first kappa shape index (κ1) is 29.9. The van der Waals surface area contributed by atoms with Crippen LogP contribution in [0, 0.1) is 0 Å². The number of hydrogen-bond donors (Lipinski definition) is 3. The lowest BCUT2D eigenvalue weighted by atomic mass is 9.77. The van der Waals surface area contributed by atoms with Gasteiger partial charge in [0.2, 0.25) is 11.8 Å². The highest BCUT2D eigenvalue weighted by Crippen LogP contribution is 2.51. The highest BCUT2D eigenvalue weighted by Gasteiger charge is 2.51. The average molecular weight is 569 g/mol. The van der Waals surface area contributed by atoms with Crippen molar-refractivity contribution in [1.82, 2.24) is 10.2 Å². The van der Waals surface area contributed by atoms with Gasteiger partial charge in [-0.05, 0) is 48.4 Å². The van der Waals surface area contributed by atoms with Gasteiger partial charge in [-0.15, -0.1) is 0 Å². The maximum absolute atomic E-state index is 13.4. The number of nitrogens with one attached hydrogen (secondary N) is 1. The number of benzene rings is 2. The molecule has 220 valence electrons. The molecular formula is C30H36N2O9. The van der Waals surface area contributed by atoms with E-state index in [0.717, 1.165) is 5.56 Å². The number of aliphatic hydroxyl groups excluding tert-OH is 2. The number of carbonyl (C=O) groups is 3. The fourth-order valence-electron chi connectivity index (χ4n) is 5.52. The molecule has 4 unspecified atom stereocenters. The molecule has 4 atom stereocenters. The third-order valence-corrected chi connectivity index (χ3v) is 7.50. The van der Waals surface area contributed by atoms with Crippen LogP contribution in [0.3, 0.4) is 0 Å². The zero-order valence-corrected chi connectivity index (χ0v) is 23.6. The van der Waals surface area contributed by atoms with Crippen molar-refractivity contribution >= 4 is 18.1 Å². The Hall–Kier alpha value is -4.09. The van der Waals surface area contributed by atoms with Crippen molar-refractivity contribution in [2.45, 2.75) is 43.9 Å². The normalized spacial score (nSPS) is 20.6. The summed E-state index contributed by atoms with van der Waals surface area (Å²) in [6.07, 6.45) is 0.665. The number of aliphatic hydroxyl groups is 2. The third-order valence-electron chi connectivity index (χ3n) is 7.50. The molecule has 0 fully saturated rings. The van der Waals surface area contributed by atoms with Crippen LogP contribution in [0.2, 0.25) is 0 Å². The van der Waals surface area contributed by atoms with E-state index in [0.29, 0.717) is 46.8 Å². The van der Waals surface area contributed by atoms with E-state index in [1.165, 1.54) is 13.2 Å². The molecule has 3 N–H and O–H groups in total. The zero-order valence-electron chi connectivity index (χ0n) is 23.6. The van der Waals surface area contributed by atoms with E-state index in [4.69, 9.17) is 18.9 Å². The number of ether oxygens (including phenoxy) is 4. The Labute approximate surface area is 238 Å². The molecule has 0 aromatic heterocycles. The summed E-state index contributed by atoms with van der Waals surface area (Å²) < 4.78 is 22.5. The second-order valence-corrected chi connectivity index (χ2v) is 9.77. The monoisotopic (exact) mass is 568 g/mol. The molecule has 11 nitrogen and oxygen atoms in total. The minimum absolute atomic E-state index is 0.0133. The first-order valence-corrected chi connectivity index (χ1v) is 13.4. The number of rotatable bonds is 12. The third kappa shape index (κ3) is 5.86. The molecule has 2 amide bonds. The number of carbonyl (C=O) groups excluding carboxylic acids is 3. The average Bonchev–Trinajstić information content (AvgIpc) is 3.39. The van der Waals surface area contributed by atoms with E-state index >= 15 is 0 Å². The number of methoxy groups -OCH3 is 3. The molecule has 0 saturated heterocycles. The van der Waals surface area contributed by atoms with E-state index in [1.807, 2.05) is 6.07 Å². The SMILES string of the molecule is CCC(=O)N(CCc1cc(OC)ccc1OC)C1C=C(C(=O)NCCO)C2c3cc(C=O)cc(OC)c3OC2C1O. The van der Waals surface area contributed by atoms with Crippen LogP contribution in [0.4, 0.5) is 0 Å². The topological polar surface area (TPSA) is 144 Å². The summed E-state index contributed by atoms with van der Waals surface area (Å²) in [6, 6.07) is 7.63. The van der Waals surface area contributed by atoms with Crippen LogP contribution < -0.4 is 24.3 Å². The van der Waals surface area contributed by atoms with Crippen molar-refractivity contribution in [3.8, 4) is 23.0 Å². The van der Waals surface area contributed by atoms with Gasteiger partial charge in [-0.2, -0.15) is 0 Å². The molecule has 2 aromatic rings. The molecule has 1 aliphatic carbocycles. The van der Waals surface area contributed by atoms with E-state index in [2.05, 4.69) is 5.32 Å². The second-order valence-electron chi connectivity index (χ2n) is 9.77. The summed E-state index contributed by atoms with van der Waals surface area (Å²) in [6.45, 7) is 1.69. The van der Waals surface area contributed by atoms with E-state index in [-0.39, 0.29) is 37.6 Å². The Morgan fingerprint density at radius 2 is 1.85 bits per heavy atom. The molecule has 4 rings (SSSR count). The summed E-state index contributed by atoms with van der Waals surface area (Å²) in [5.41, 5.74) is 1.92. The fourth-order valence-corrected chi connectivity index (χ4v) is 5.52. The molecule has 1 aliphatic heterocycles. The molecule has 0 saturated carbocycles. The highest BCUT2D eigenvalue weighted by molar-refractivity contribution is 5.96. The van der Waals surface area contributed by atoms with Gasteiger partial charge in [-0.1, -0.05) is 6.92 Å². The molecule has 41 heavy (non-hydrogen) atoms. The van der Waals surface area contributed by atoms with Crippen LogP contribution in [0.25, 0.3) is 0 Å². The smallest absolute Gasteiger partial charge is 0.247 e. The van der Waals surface area contributed by atoms with Crippen molar-refractivity contribution in [3.05, 3.63) is 58.7 Å². The van der Waals surface area contributed by atoms with Crippen LogP contribution >= 0.6 is 0 Å². The Morgan fingerprint density at radius 3 is 2.49 bits per heavy atom. The Morgan fingerprint density at radius 1 is 1.10 bits per heavy atom. The number of amides is 2. The predicted octanol–water partition coefficient (Wildman–Crippen LogP) is 1.63. The van der Waals surface area contributed by atoms with E-state index in [1.54, 1.807) is 50.3 Å². The Kier molecular flexibility index (Phi) is 9.51. The van der Waals surface area contributed by atoms with Gasteiger partial charge in [0, 0.05) is 36.2 Å². The molecular weight excluding hydrogens is 532 g/mol. The van der Waals surface area contributed by atoms with Crippen molar-refractivity contribution in [2.75, 3.05) is 41.0 Å². The molecule has 2 aliphatic rings. The van der Waals surface area contributed by atoms with Gasteiger partial charge >= 0.3 is 0 Å². The minimum Gasteiger partial charge on any atom is -0.497 e. The molecule has 11 heteroatoms. The van der Waals surface area contributed by atoms with Crippen LogP contribution in [-0.4, -0.2) is 92.5 Å². The summed E-state index contributed by atoms with van der Waals surface area (Å²) in [7, 11) is 4.56. The summed E-state index contributed by atoms with van der Waals surface area (Å²) in [4.78, 5) is 39.9. The number of aldehydes is 1. The largest absolute Gasteiger partial charge is 0.497 e. The lowest BCUT2D eigenvalue weighted by molar-refractivity contribution is -0.136. The van der Waals surface area contributed by atoms with Gasteiger partial charge in [0.15, 0.2) is 11.5 Å². The first-order valence-electron chi connectivity index (χ1n) is 13.4. The Bertz CT molecular complexity index is 1330. The van der Waals surface area contributed by atoms with E-state index in [9.17, 15) is 24.6 Å². The molecule has 0 spiro atoms. The van der Waals surface area contributed by atoms with Crippen LogP contribution in [0.1, 0.15) is 40.7 Å². The van der Waals surface area contributed by atoms with Crippen LogP contribution in [0.15, 0.2) is 42.0 Å². The maximum Gasteiger partial charge on any atom is 0.247 e. The zero-order chi connectivity index (χ0) is 29.7. The first-order chi connectivity index (χ1) is 19.8. The van der Waals surface area contributed by atoms with Gasteiger partial charge in [-0.25, -0.2) is 0 Å². The lowest BCUT2D eigenvalue weighted by Crippen LogP contribution is -2.56. The fraction of sp³-hybridized carbons (Fsp3) is 0.433. The van der Waals surface area contributed by atoms with Crippen LogP contribution in [-0.2, 0) is 16.0 Å². The van der Waals surface area contributed by atoms with Crippen LogP contribution in [0.5, 0.6) is 23.0 Å². The Balaban J connectivity index is 1.76. The van der Waals surface area contributed by atoms with Crippen molar-refractivity contribution in [1.29, 1.82) is 0 Å². The maximum atomic E-state index is 13.4. The van der Waals surface area contributed by atoms with Crippen molar-refractivity contribution in [3.63, 3.8) is 0 Å². The van der Waals surface area contributed by atoms with Gasteiger partial charge < -0.3 is 39.4 Å². The number of fused-ring (bicyclic) bond motifs is 3. The number of hydrogen-bond acceptors (Lipinski definition) is 9. The van der Waals surface area contributed by atoms with Gasteiger partial charge in [-0.3, -0.25) is 14.4 Å². The lowest BCUT2D eigenvalue weighted by Gasteiger charge is -2.40. The van der Waals surface area contributed by atoms with Gasteiger partial charge in [0.1, 0.15) is 30.0 Å². The van der Waals surface area contributed by atoms with Gasteiger partial charge in [0.25, 0.3) is 0 Å².